The highest BCUT2D eigenvalue weighted by atomic mass is 16.6. The van der Waals surface area contributed by atoms with Crippen molar-refractivity contribution in [3.63, 3.8) is 0 Å². The lowest BCUT2D eigenvalue weighted by atomic mass is 10.0. The van der Waals surface area contributed by atoms with Gasteiger partial charge in [-0.2, -0.15) is 0 Å². The normalized spacial score (nSPS) is 16.7. The first-order valence-corrected chi connectivity index (χ1v) is 22.5. The van der Waals surface area contributed by atoms with Crippen LogP contribution in [0.5, 0.6) is 0 Å². The van der Waals surface area contributed by atoms with Crippen LogP contribution in [-0.2, 0) is 33.3 Å². The van der Waals surface area contributed by atoms with Crippen molar-refractivity contribution >= 4 is 11.9 Å². The summed E-state index contributed by atoms with van der Waals surface area (Å²) in [6.07, 6.45) is 33.3. The van der Waals surface area contributed by atoms with Gasteiger partial charge in [0.05, 0.1) is 38.6 Å². The number of nitrogens with one attached hydrogen (secondary N) is 1. The molecule has 0 spiro atoms. The number of ether oxygens (including phenoxy) is 5. The third kappa shape index (κ3) is 28.8. The SMILES string of the molecule is CCCCCCCCCCCCCCCCNC(=O)C(COC(=O)CCCCCCCCCCCCCC)N1C[C@H](OCCOC)[C@H](OCCOC)C1. The Labute approximate surface area is 327 Å². The number of nitrogens with zero attached hydrogens (tertiary/aromatic N) is 1. The van der Waals surface area contributed by atoms with E-state index in [4.69, 9.17) is 23.7 Å². The minimum absolute atomic E-state index is 0.0389. The molecule has 3 atom stereocenters. The van der Waals surface area contributed by atoms with E-state index >= 15 is 0 Å². The molecule has 0 saturated carbocycles. The lowest BCUT2D eigenvalue weighted by Gasteiger charge is -2.26. The predicted molar refractivity (Wildman–Crippen MR) is 219 cm³/mol. The van der Waals surface area contributed by atoms with Crippen molar-refractivity contribution < 1.29 is 33.3 Å². The zero-order chi connectivity index (χ0) is 38.5. The van der Waals surface area contributed by atoms with E-state index in [1.807, 2.05) is 0 Å². The second-order valence-corrected chi connectivity index (χ2v) is 15.5. The topological polar surface area (TPSA) is 95.6 Å². The van der Waals surface area contributed by atoms with Crippen molar-refractivity contribution in [1.29, 1.82) is 0 Å². The number of carbonyl (C=O) groups is 2. The zero-order valence-corrected chi connectivity index (χ0v) is 35.3. The number of amides is 1. The van der Waals surface area contributed by atoms with Gasteiger partial charge in [0, 0.05) is 40.3 Å². The predicted octanol–water partition coefficient (Wildman–Crippen LogP) is 9.97. The molecule has 1 rings (SSSR count). The number of hydrogen-bond donors (Lipinski definition) is 1. The molecule has 314 valence electrons. The average molecular weight is 755 g/mol. The lowest BCUT2D eigenvalue weighted by molar-refractivity contribution is -0.147. The van der Waals surface area contributed by atoms with E-state index in [2.05, 4.69) is 24.1 Å². The third-order valence-corrected chi connectivity index (χ3v) is 10.7. The van der Waals surface area contributed by atoms with Crippen molar-refractivity contribution in [3.8, 4) is 0 Å². The van der Waals surface area contributed by atoms with E-state index in [0.29, 0.717) is 52.5 Å². The van der Waals surface area contributed by atoms with E-state index in [9.17, 15) is 9.59 Å². The molecule has 0 aromatic rings. The number of unbranched alkanes of at least 4 members (excludes halogenated alkanes) is 24. The van der Waals surface area contributed by atoms with E-state index in [0.717, 1.165) is 32.1 Å². The van der Waals surface area contributed by atoms with Crippen molar-refractivity contribution in [2.75, 3.05) is 66.9 Å². The molecule has 0 aliphatic carbocycles. The molecule has 9 heteroatoms. The average Bonchev–Trinajstić information content (AvgIpc) is 3.55. The molecule has 0 bridgehead atoms. The minimum Gasteiger partial charge on any atom is -0.463 e. The van der Waals surface area contributed by atoms with Gasteiger partial charge in [-0.3, -0.25) is 14.5 Å². The van der Waals surface area contributed by atoms with E-state index in [1.165, 1.54) is 135 Å². The Hall–Kier alpha value is -1.26. The van der Waals surface area contributed by atoms with Gasteiger partial charge < -0.3 is 29.0 Å². The van der Waals surface area contributed by atoms with Gasteiger partial charge in [-0.05, 0) is 12.8 Å². The summed E-state index contributed by atoms with van der Waals surface area (Å²) in [6.45, 7) is 8.13. The Kier molecular flexibility index (Phi) is 35.4. The van der Waals surface area contributed by atoms with Gasteiger partial charge in [-0.1, -0.05) is 168 Å². The monoisotopic (exact) mass is 755 g/mol. The van der Waals surface area contributed by atoms with Crippen molar-refractivity contribution in [1.82, 2.24) is 10.2 Å². The van der Waals surface area contributed by atoms with Crippen LogP contribution in [0.15, 0.2) is 0 Å². The molecule has 1 heterocycles. The van der Waals surface area contributed by atoms with Crippen molar-refractivity contribution in [2.45, 2.75) is 205 Å². The number of hydrogen-bond acceptors (Lipinski definition) is 8. The first kappa shape index (κ1) is 49.8. The molecule has 53 heavy (non-hydrogen) atoms. The summed E-state index contributed by atoms with van der Waals surface area (Å²) in [7, 11) is 3.31. The fraction of sp³-hybridized carbons (Fsp3) is 0.955. The molecule has 9 nitrogen and oxygen atoms in total. The van der Waals surface area contributed by atoms with Gasteiger partial charge in [0.15, 0.2) is 0 Å². The van der Waals surface area contributed by atoms with E-state index in [-0.39, 0.29) is 30.7 Å². The van der Waals surface area contributed by atoms with Crippen LogP contribution < -0.4 is 5.32 Å². The smallest absolute Gasteiger partial charge is 0.305 e. The van der Waals surface area contributed by atoms with Crippen LogP contribution in [0.25, 0.3) is 0 Å². The summed E-state index contributed by atoms with van der Waals surface area (Å²) in [5, 5.41) is 3.16. The Bertz CT molecular complexity index is 799. The van der Waals surface area contributed by atoms with Crippen LogP contribution in [0, 0.1) is 0 Å². The lowest BCUT2D eigenvalue weighted by Crippen LogP contribution is -2.49. The number of carbonyl (C=O) groups excluding carboxylic acids is 2. The Morgan fingerprint density at radius 3 is 1.32 bits per heavy atom. The van der Waals surface area contributed by atoms with Crippen LogP contribution >= 0.6 is 0 Å². The summed E-state index contributed by atoms with van der Waals surface area (Å²) in [5.74, 6) is -0.312. The van der Waals surface area contributed by atoms with Gasteiger partial charge in [-0.15, -0.1) is 0 Å². The minimum atomic E-state index is -0.586. The fourth-order valence-electron chi connectivity index (χ4n) is 7.26. The van der Waals surface area contributed by atoms with Gasteiger partial charge in [0.25, 0.3) is 0 Å². The summed E-state index contributed by atoms with van der Waals surface area (Å²) in [5.41, 5.74) is 0. The largest absolute Gasteiger partial charge is 0.463 e. The summed E-state index contributed by atoms with van der Waals surface area (Å²) < 4.78 is 28.4. The number of methoxy groups -OCH3 is 2. The van der Waals surface area contributed by atoms with Crippen LogP contribution in [0.3, 0.4) is 0 Å². The Balaban J connectivity index is 2.46. The highest BCUT2D eigenvalue weighted by molar-refractivity contribution is 5.82. The molecular weight excluding hydrogens is 668 g/mol. The molecule has 1 aliphatic heterocycles. The van der Waals surface area contributed by atoms with Crippen molar-refractivity contribution in [3.05, 3.63) is 0 Å². The molecule has 1 saturated heterocycles. The van der Waals surface area contributed by atoms with Crippen LogP contribution in [0.4, 0.5) is 0 Å². The molecular formula is C44H86N2O7. The van der Waals surface area contributed by atoms with Gasteiger partial charge in [-0.25, -0.2) is 0 Å². The summed E-state index contributed by atoms with van der Waals surface area (Å²) in [6, 6.07) is -0.586. The van der Waals surface area contributed by atoms with Gasteiger partial charge >= 0.3 is 5.97 Å². The van der Waals surface area contributed by atoms with Gasteiger partial charge in [0.1, 0.15) is 12.6 Å². The fourth-order valence-corrected chi connectivity index (χ4v) is 7.26. The van der Waals surface area contributed by atoms with Gasteiger partial charge in [0.2, 0.25) is 5.91 Å². The number of likely N-dealkylation sites (tertiary alicyclic amines) is 1. The molecule has 0 aromatic heterocycles. The maximum absolute atomic E-state index is 13.6. The molecule has 1 aliphatic rings. The maximum atomic E-state index is 13.6. The highest BCUT2D eigenvalue weighted by Gasteiger charge is 2.40. The second-order valence-electron chi connectivity index (χ2n) is 15.5. The standard InChI is InChI=1S/C44H86N2O7/c1-5-7-9-11-13-15-17-19-20-22-24-26-28-30-32-45-44(48)40(46-37-41(51-35-33-49-3)42(38-46)52-36-34-50-4)39-53-43(47)31-29-27-25-23-21-18-16-14-12-10-8-6-2/h40-42H,5-39H2,1-4H3,(H,45,48)/t40?,41-,42+. The summed E-state index contributed by atoms with van der Waals surface area (Å²) >= 11 is 0. The maximum Gasteiger partial charge on any atom is 0.305 e. The quantitative estimate of drug-likeness (QED) is 0.0488. The van der Waals surface area contributed by atoms with E-state index in [1.54, 1.807) is 14.2 Å². The molecule has 1 unspecified atom stereocenters. The molecule has 0 radical (unpaired) electrons. The Morgan fingerprint density at radius 2 is 0.925 bits per heavy atom. The van der Waals surface area contributed by atoms with Crippen molar-refractivity contribution in [2.24, 2.45) is 0 Å². The molecule has 1 fully saturated rings. The van der Waals surface area contributed by atoms with Crippen LogP contribution in [0.2, 0.25) is 0 Å². The van der Waals surface area contributed by atoms with Crippen LogP contribution in [-0.4, -0.2) is 102 Å². The van der Waals surface area contributed by atoms with E-state index < -0.39 is 6.04 Å². The zero-order valence-electron chi connectivity index (χ0n) is 35.3. The first-order chi connectivity index (χ1) is 26.1. The third-order valence-electron chi connectivity index (χ3n) is 10.7. The van der Waals surface area contributed by atoms with Crippen LogP contribution in [0.1, 0.15) is 187 Å². The second kappa shape index (κ2) is 37.7. The first-order valence-electron chi connectivity index (χ1n) is 22.5. The molecule has 1 N–H and O–H groups in total. The number of rotatable bonds is 40. The number of esters is 1. The molecule has 0 aromatic carbocycles. The summed E-state index contributed by atoms with van der Waals surface area (Å²) in [4.78, 5) is 28.5. The Morgan fingerprint density at radius 1 is 0.547 bits per heavy atom. The molecule has 1 amide bonds. The highest BCUT2D eigenvalue weighted by Crippen LogP contribution is 2.21.